The molecule has 2 aromatic rings. The standard InChI is InChI=1S/C16H19NO2S/c1-11(16(18)19-3)9-20-10-13-8-12(2)17-15-7-5-4-6-14(13)15/h4-8,11H,9-10H2,1-3H3. The summed E-state index contributed by atoms with van der Waals surface area (Å²) in [7, 11) is 1.43. The van der Waals surface area contributed by atoms with E-state index in [-0.39, 0.29) is 11.9 Å². The normalized spacial score (nSPS) is 12.3. The van der Waals surface area contributed by atoms with Gasteiger partial charge in [-0.2, -0.15) is 11.8 Å². The van der Waals surface area contributed by atoms with Gasteiger partial charge in [0.2, 0.25) is 0 Å². The van der Waals surface area contributed by atoms with Gasteiger partial charge in [0.15, 0.2) is 0 Å². The van der Waals surface area contributed by atoms with Gasteiger partial charge in [-0.15, -0.1) is 0 Å². The molecule has 0 spiro atoms. The summed E-state index contributed by atoms with van der Waals surface area (Å²) in [5.74, 6) is 1.43. The van der Waals surface area contributed by atoms with Crippen molar-refractivity contribution in [1.29, 1.82) is 0 Å². The van der Waals surface area contributed by atoms with Gasteiger partial charge in [0, 0.05) is 22.6 Å². The molecule has 0 bridgehead atoms. The number of carbonyl (C=O) groups is 1. The minimum Gasteiger partial charge on any atom is -0.469 e. The van der Waals surface area contributed by atoms with Crippen LogP contribution in [0.3, 0.4) is 0 Å². The van der Waals surface area contributed by atoms with Crippen molar-refractivity contribution in [2.45, 2.75) is 19.6 Å². The van der Waals surface area contributed by atoms with Crippen molar-refractivity contribution in [2.75, 3.05) is 12.9 Å². The first-order valence-corrected chi connectivity index (χ1v) is 7.78. The summed E-state index contributed by atoms with van der Waals surface area (Å²) in [6.07, 6.45) is 0. The number of benzene rings is 1. The molecule has 2 rings (SSSR count). The fraction of sp³-hybridized carbons (Fsp3) is 0.375. The molecule has 106 valence electrons. The van der Waals surface area contributed by atoms with Crippen LogP contribution in [0.2, 0.25) is 0 Å². The van der Waals surface area contributed by atoms with Crippen molar-refractivity contribution in [3.63, 3.8) is 0 Å². The SMILES string of the molecule is COC(=O)C(C)CSCc1cc(C)nc2ccccc12. The average molecular weight is 289 g/mol. The highest BCUT2D eigenvalue weighted by atomic mass is 32.2. The Morgan fingerprint density at radius 3 is 2.90 bits per heavy atom. The Kier molecular flexibility index (Phi) is 5.01. The van der Waals surface area contributed by atoms with Crippen LogP contribution in [0.5, 0.6) is 0 Å². The zero-order valence-corrected chi connectivity index (χ0v) is 12.9. The lowest BCUT2D eigenvalue weighted by Gasteiger charge is -2.10. The average Bonchev–Trinajstić information content (AvgIpc) is 2.45. The number of esters is 1. The number of fused-ring (bicyclic) bond motifs is 1. The summed E-state index contributed by atoms with van der Waals surface area (Å²) in [6, 6.07) is 10.3. The Balaban J connectivity index is 2.08. The van der Waals surface area contributed by atoms with Crippen LogP contribution in [-0.2, 0) is 15.3 Å². The molecule has 0 fully saturated rings. The van der Waals surface area contributed by atoms with Crippen molar-refractivity contribution in [3.8, 4) is 0 Å². The number of methoxy groups -OCH3 is 1. The minimum atomic E-state index is -0.145. The van der Waals surface area contributed by atoms with E-state index in [1.807, 2.05) is 32.0 Å². The molecule has 0 N–H and O–H groups in total. The van der Waals surface area contributed by atoms with E-state index in [0.29, 0.717) is 0 Å². The summed E-state index contributed by atoms with van der Waals surface area (Å²) in [5, 5.41) is 1.19. The number of ether oxygens (including phenoxy) is 1. The van der Waals surface area contributed by atoms with Gasteiger partial charge in [-0.3, -0.25) is 9.78 Å². The topological polar surface area (TPSA) is 39.2 Å². The number of hydrogen-bond donors (Lipinski definition) is 0. The number of aryl methyl sites for hydroxylation is 1. The molecule has 0 amide bonds. The van der Waals surface area contributed by atoms with Gasteiger partial charge in [-0.05, 0) is 24.6 Å². The van der Waals surface area contributed by atoms with Gasteiger partial charge < -0.3 is 4.74 Å². The molecule has 1 atom stereocenters. The molecule has 1 aromatic carbocycles. The van der Waals surface area contributed by atoms with E-state index in [9.17, 15) is 4.79 Å². The third-order valence-electron chi connectivity index (χ3n) is 3.16. The van der Waals surface area contributed by atoms with Gasteiger partial charge in [0.1, 0.15) is 0 Å². The summed E-state index contributed by atoms with van der Waals surface area (Å²) < 4.78 is 4.74. The lowest BCUT2D eigenvalue weighted by Crippen LogP contribution is -2.14. The third kappa shape index (κ3) is 3.51. The van der Waals surface area contributed by atoms with Crippen LogP contribution in [0.4, 0.5) is 0 Å². The molecule has 3 nitrogen and oxygen atoms in total. The third-order valence-corrected chi connectivity index (χ3v) is 4.41. The molecule has 1 heterocycles. The van der Waals surface area contributed by atoms with Crippen LogP contribution < -0.4 is 0 Å². The van der Waals surface area contributed by atoms with E-state index in [1.54, 1.807) is 11.8 Å². The first-order chi connectivity index (χ1) is 9.61. The Labute approximate surface area is 123 Å². The summed E-state index contributed by atoms with van der Waals surface area (Å²) in [4.78, 5) is 15.9. The molecule has 0 aliphatic heterocycles. The lowest BCUT2D eigenvalue weighted by atomic mass is 10.1. The molecular formula is C16H19NO2S. The zero-order valence-electron chi connectivity index (χ0n) is 12.1. The predicted octanol–water partition coefficient (Wildman–Crippen LogP) is 3.59. The van der Waals surface area contributed by atoms with Crippen LogP contribution in [0.15, 0.2) is 30.3 Å². The second kappa shape index (κ2) is 6.75. The molecule has 1 unspecified atom stereocenters. The van der Waals surface area contributed by atoms with Gasteiger partial charge in [0.25, 0.3) is 0 Å². The lowest BCUT2D eigenvalue weighted by molar-refractivity contribution is -0.143. The van der Waals surface area contributed by atoms with Gasteiger partial charge >= 0.3 is 5.97 Å². The number of pyridine rings is 1. The smallest absolute Gasteiger partial charge is 0.309 e. The van der Waals surface area contributed by atoms with Gasteiger partial charge in [-0.25, -0.2) is 0 Å². The van der Waals surface area contributed by atoms with Crippen molar-refractivity contribution in [1.82, 2.24) is 4.98 Å². The van der Waals surface area contributed by atoms with E-state index in [0.717, 1.165) is 22.7 Å². The van der Waals surface area contributed by atoms with Crippen molar-refractivity contribution >= 4 is 28.6 Å². The molecule has 1 aromatic heterocycles. The highest BCUT2D eigenvalue weighted by Crippen LogP contribution is 2.23. The quantitative estimate of drug-likeness (QED) is 0.789. The molecular weight excluding hydrogens is 270 g/mol. The number of rotatable bonds is 5. The molecule has 0 saturated carbocycles. The second-order valence-corrected chi connectivity index (χ2v) is 5.91. The van der Waals surface area contributed by atoms with Crippen molar-refractivity contribution < 1.29 is 9.53 Å². The first-order valence-electron chi connectivity index (χ1n) is 6.62. The molecule has 0 aliphatic carbocycles. The minimum absolute atomic E-state index is 0.0702. The van der Waals surface area contributed by atoms with Gasteiger partial charge in [-0.1, -0.05) is 25.1 Å². The van der Waals surface area contributed by atoms with Crippen molar-refractivity contribution in [2.24, 2.45) is 5.92 Å². The monoisotopic (exact) mass is 289 g/mol. The highest BCUT2D eigenvalue weighted by molar-refractivity contribution is 7.98. The molecule has 0 aliphatic rings. The van der Waals surface area contributed by atoms with E-state index >= 15 is 0 Å². The maximum absolute atomic E-state index is 11.4. The maximum Gasteiger partial charge on any atom is 0.309 e. The van der Waals surface area contributed by atoms with Crippen LogP contribution in [0.25, 0.3) is 10.9 Å². The largest absolute Gasteiger partial charge is 0.469 e. The number of aromatic nitrogens is 1. The Morgan fingerprint density at radius 2 is 2.15 bits per heavy atom. The number of thioether (sulfide) groups is 1. The number of para-hydroxylation sites is 1. The molecule has 0 saturated heterocycles. The van der Waals surface area contributed by atoms with Gasteiger partial charge in [0.05, 0.1) is 18.5 Å². The number of carbonyl (C=O) groups excluding carboxylic acids is 1. The van der Waals surface area contributed by atoms with Crippen LogP contribution >= 0.6 is 11.8 Å². The summed E-state index contributed by atoms with van der Waals surface area (Å²) in [6.45, 7) is 3.91. The summed E-state index contributed by atoms with van der Waals surface area (Å²) >= 11 is 1.75. The Hall–Kier alpha value is -1.55. The van der Waals surface area contributed by atoms with Crippen LogP contribution in [0.1, 0.15) is 18.2 Å². The maximum atomic E-state index is 11.4. The Bertz CT molecular complexity index is 612. The predicted molar refractivity (Wildman–Crippen MR) is 83.8 cm³/mol. The Morgan fingerprint density at radius 1 is 1.40 bits per heavy atom. The van der Waals surface area contributed by atoms with Crippen LogP contribution in [-0.4, -0.2) is 23.8 Å². The van der Waals surface area contributed by atoms with E-state index in [2.05, 4.69) is 17.1 Å². The molecule has 4 heteroatoms. The molecule has 20 heavy (non-hydrogen) atoms. The zero-order chi connectivity index (χ0) is 14.5. The molecule has 0 radical (unpaired) electrons. The second-order valence-electron chi connectivity index (χ2n) is 4.88. The number of nitrogens with zero attached hydrogens (tertiary/aromatic N) is 1. The first kappa shape index (κ1) is 14.9. The fourth-order valence-electron chi connectivity index (χ4n) is 2.13. The van der Waals surface area contributed by atoms with E-state index < -0.39 is 0 Å². The van der Waals surface area contributed by atoms with E-state index in [4.69, 9.17) is 4.74 Å². The highest BCUT2D eigenvalue weighted by Gasteiger charge is 2.13. The van der Waals surface area contributed by atoms with Crippen molar-refractivity contribution in [3.05, 3.63) is 41.6 Å². The van der Waals surface area contributed by atoms with E-state index in [1.165, 1.54) is 18.1 Å². The number of hydrogen-bond acceptors (Lipinski definition) is 4. The fourth-order valence-corrected chi connectivity index (χ4v) is 3.20. The summed E-state index contributed by atoms with van der Waals surface area (Å²) in [5.41, 5.74) is 3.33. The van der Waals surface area contributed by atoms with Crippen LogP contribution in [0, 0.1) is 12.8 Å².